The number of hydrogen-bond donors (Lipinski definition) is 2. The number of nitrogens with zero attached hydrogens (tertiary/aromatic N) is 3. The van der Waals surface area contributed by atoms with Gasteiger partial charge >= 0.3 is 0 Å². The highest BCUT2D eigenvalue weighted by Crippen LogP contribution is 2.41. The molecule has 1 aromatic rings. The van der Waals surface area contributed by atoms with Crippen molar-refractivity contribution >= 4 is 29.1 Å². The first-order valence-corrected chi connectivity index (χ1v) is 12.1. The Morgan fingerprint density at radius 1 is 1.19 bits per heavy atom. The fourth-order valence-electron chi connectivity index (χ4n) is 5.32. The second-order valence-corrected chi connectivity index (χ2v) is 10.5. The Balaban J connectivity index is 1.23. The summed E-state index contributed by atoms with van der Waals surface area (Å²) in [6, 6.07) is 8.22. The molecule has 3 heterocycles. The molecule has 0 unspecified atom stereocenters. The van der Waals surface area contributed by atoms with Gasteiger partial charge in [0.05, 0.1) is 5.41 Å². The molecular weight excluding hydrogens is 428 g/mol. The summed E-state index contributed by atoms with van der Waals surface area (Å²) in [7, 11) is 0. The Morgan fingerprint density at radius 3 is 2.50 bits per heavy atom. The van der Waals surface area contributed by atoms with Crippen LogP contribution in [0.1, 0.15) is 39.5 Å². The summed E-state index contributed by atoms with van der Waals surface area (Å²) < 4.78 is 0. The van der Waals surface area contributed by atoms with E-state index in [1.54, 1.807) is 4.90 Å². The van der Waals surface area contributed by atoms with E-state index < -0.39 is 5.60 Å². The summed E-state index contributed by atoms with van der Waals surface area (Å²) in [4.78, 5) is 31.7. The highest BCUT2D eigenvalue weighted by Gasteiger charge is 2.49. The van der Waals surface area contributed by atoms with Crippen LogP contribution in [0.2, 0.25) is 5.02 Å². The molecule has 176 valence electrons. The van der Waals surface area contributed by atoms with Crippen LogP contribution in [0.5, 0.6) is 0 Å². The topological polar surface area (TPSA) is 76.1 Å². The lowest BCUT2D eigenvalue weighted by Gasteiger charge is -2.39. The Labute approximate surface area is 195 Å². The summed E-state index contributed by atoms with van der Waals surface area (Å²) >= 11 is 6.13. The van der Waals surface area contributed by atoms with E-state index >= 15 is 0 Å². The Hall–Kier alpha value is -1.83. The quantitative estimate of drug-likeness (QED) is 0.701. The van der Waals surface area contributed by atoms with Gasteiger partial charge in [-0.25, -0.2) is 0 Å². The number of carbonyl (C=O) groups excluding carboxylic acids is 2. The second-order valence-electron chi connectivity index (χ2n) is 10.1. The van der Waals surface area contributed by atoms with Crippen molar-refractivity contribution in [1.29, 1.82) is 0 Å². The van der Waals surface area contributed by atoms with Crippen LogP contribution in [0.4, 0.5) is 5.69 Å². The summed E-state index contributed by atoms with van der Waals surface area (Å²) in [5.74, 6) is -0.108. The normalized spacial score (nSPS) is 24.1. The maximum absolute atomic E-state index is 12.8. The number of carbonyl (C=O) groups is 2. The fraction of sp³-hybridized carbons (Fsp3) is 0.667. The van der Waals surface area contributed by atoms with Gasteiger partial charge in [0.1, 0.15) is 5.60 Å². The van der Waals surface area contributed by atoms with Crippen LogP contribution in [-0.2, 0) is 9.59 Å². The van der Waals surface area contributed by atoms with Crippen molar-refractivity contribution in [3.63, 3.8) is 0 Å². The molecule has 2 N–H and O–H groups in total. The average molecular weight is 463 g/mol. The number of halogens is 1. The Bertz CT molecular complexity index is 840. The SMILES string of the molecule is CC(C)(O)C(=O)N1CCC2(CC1)C[C@H](CCN1CCN(c3cccc(Cl)c3)CC1)NC2=O. The van der Waals surface area contributed by atoms with E-state index in [0.717, 1.165) is 50.6 Å². The fourth-order valence-corrected chi connectivity index (χ4v) is 5.51. The maximum Gasteiger partial charge on any atom is 0.253 e. The number of anilines is 1. The van der Waals surface area contributed by atoms with Gasteiger partial charge in [-0.1, -0.05) is 17.7 Å². The number of nitrogens with one attached hydrogen (secondary N) is 1. The van der Waals surface area contributed by atoms with Crippen LogP contribution in [0.15, 0.2) is 24.3 Å². The third-order valence-electron chi connectivity index (χ3n) is 7.32. The summed E-state index contributed by atoms with van der Waals surface area (Å²) in [5, 5.41) is 14.0. The van der Waals surface area contributed by atoms with Crippen molar-refractivity contribution in [1.82, 2.24) is 15.1 Å². The third-order valence-corrected chi connectivity index (χ3v) is 7.56. The van der Waals surface area contributed by atoms with Crippen LogP contribution >= 0.6 is 11.6 Å². The first-order valence-electron chi connectivity index (χ1n) is 11.7. The van der Waals surface area contributed by atoms with E-state index in [9.17, 15) is 14.7 Å². The summed E-state index contributed by atoms with van der Waals surface area (Å²) in [6.07, 6.45) is 3.15. The molecule has 7 nitrogen and oxygen atoms in total. The van der Waals surface area contributed by atoms with Crippen molar-refractivity contribution in [2.45, 2.75) is 51.2 Å². The zero-order valence-electron chi connectivity index (χ0n) is 19.1. The zero-order valence-corrected chi connectivity index (χ0v) is 19.9. The van der Waals surface area contributed by atoms with E-state index in [0.29, 0.717) is 25.9 Å². The predicted molar refractivity (Wildman–Crippen MR) is 126 cm³/mol. The van der Waals surface area contributed by atoms with Crippen LogP contribution in [0, 0.1) is 5.41 Å². The van der Waals surface area contributed by atoms with Crippen molar-refractivity contribution in [2.24, 2.45) is 5.41 Å². The Kier molecular flexibility index (Phi) is 6.71. The van der Waals surface area contributed by atoms with Gasteiger partial charge in [-0.15, -0.1) is 0 Å². The molecule has 4 rings (SSSR count). The van der Waals surface area contributed by atoms with Crippen LogP contribution in [-0.4, -0.2) is 84.2 Å². The van der Waals surface area contributed by atoms with Crippen LogP contribution in [0.25, 0.3) is 0 Å². The standard InChI is InChI=1S/C24H35ClN4O3/c1-23(2,32)22(31)29-10-7-24(8-11-29)17-19(26-21(24)30)6-9-27-12-14-28(15-13-27)20-5-3-4-18(25)16-20/h3-5,16,19,32H,6-15,17H2,1-2H3,(H,26,30)/t19-/m0/s1. The molecule has 3 fully saturated rings. The first kappa shape index (κ1) is 23.3. The smallest absolute Gasteiger partial charge is 0.253 e. The number of aliphatic hydroxyl groups is 1. The molecule has 3 aliphatic heterocycles. The van der Waals surface area contributed by atoms with Gasteiger partial charge < -0.3 is 20.2 Å². The number of likely N-dealkylation sites (tertiary alicyclic amines) is 1. The molecule has 3 saturated heterocycles. The maximum atomic E-state index is 12.8. The molecular formula is C24H35ClN4O3. The molecule has 8 heteroatoms. The molecule has 1 spiro atoms. The lowest BCUT2D eigenvalue weighted by Crippen LogP contribution is -2.51. The molecule has 0 aromatic heterocycles. The lowest BCUT2D eigenvalue weighted by molar-refractivity contribution is -0.151. The highest BCUT2D eigenvalue weighted by atomic mass is 35.5. The highest BCUT2D eigenvalue weighted by molar-refractivity contribution is 6.30. The second kappa shape index (κ2) is 9.20. The number of piperazine rings is 1. The van der Waals surface area contributed by atoms with E-state index in [2.05, 4.69) is 21.2 Å². The lowest BCUT2D eigenvalue weighted by atomic mass is 9.75. The molecule has 2 amide bonds. The largest absolute Gasteiger partial charge is 0.381 e. The number of hydrogen-bond acceptors (Lipinski definition) is 5. The molecule has 0 saturated carbocycles. The monoisotopic (exact) mass is 462 g/mol. The van der Waals surface area contributed by atoms with Gasteiger partial charge in [0.15, 0.2) is 0 Å². The Morgan fingerprint density at radius 2 is 1.88 bits per heavy atom. The minimum Gasteiger partial charge on any atom is -0.381 e. The molecule has 32 heavy (non-hydrogen) atoms. The molecule has 1 atom stereocenters. The van der Waals surface area contributed by atoms with Gasteiger partial charge in [-0.2, -0.15) is 0 Å². The molecule has 0 radical (unpaired) electrons. The van der Waals surface area contributed by atoms with Crippen molar-refractivity contribution < 1.29 is 14.7 Å². The van der Waals surface area contributed by atoms with Gasteiger partial charge in [0, 0.05) is 62.6 Å². The van der Waals surface area contributed by atoms with Gasteiger partial charge in [-0.05, 0) is 57.7 Å². The number of rotatable bonds is 5. The van der Waals surface area contributed by atoms with Crippen LogP contribution in [0.3, 0.4) is 0 Å². The van der Waals surface area contributed by atoms with Gasteiger partial charge in [0.25, 0.3) is 5.91 Å². The number of amides is 2. The molecule has 0 bridgehead atoms. The van der Waals surface area contributed by atoms with E-state index in [-0.39, 0.29) is 23.3 Å². The molecule has 3 aliphatic rings. The zero-order chi connectivity index (χ0) is 22.9. The number of piperidine rings is 1. The summed E-state index contributed by atoms with van der Waals surface area (Å²) in [6.45, 7) is 9.06. The van der Waals surface area contributed by atoms with Crippen molar-refractivity contribution in [3.05, 3.63) is 29.3 Å². The van der Waals surface area contributed by atoms with Gasteiger partial charge in [0.2, 0.25) is 5.91 Å². The van der Waals surface area contributed by atoms with Crippen molar-refractivity contribution in [3.8, 4) is 0 Å². The first-order chi connectivity index (χ1) is 15.2. The minimum absolute atomic E-state index is 0.142. The third kappa shape index (κ3) is 5.05. The average Bonchev–Trinajstić information content (AvgIpc) is 3.07. The van der Waals surface area contributed by atoms with Crippen LogP contribution < -0.4 is 10.2 Å². The minimum atomic E-state index is -1.36. The van der Waals surface area contributed by atoms with Gasteiger partial charge in [-0.3, -0.25) is 14.5 Å². The van der Waals surface area contributed by atoms with E-state index in [1.165, 1.54) is 19.5 Å². The molecule has 0 aliphatic carbocycles. The van der Waals surface area contributed by atoms with E-state index in [1.807, 2.05) is 18.2 Å². The summed E-state index contributed by atoms with van der Waals surface area (Å²) in [5.41, 5.74) is -0.537. The van der Waals surface area contributed by atoms with E-state index in [4.69, 9.17) is 11.6 Å². The number of benzene rings is 1. The predicted octanol–water partition coefficient (Wildman–Crippen LogP) is 2.12. The van der Waals surface area contributed by atoms with Crippen molar-refractivity contribution in [2.75, 3.05) is 50.7 Å². The molecule has 1 aromatic carbocycles.